The van der Waals surface area contributed by atoms with Gasteiger partial charge in [0.25, 0.3) is 0 Å². The number of amides is 1. The van der Waals surface area contributed by atoms with Crippen LogP contribution in [0.2, 0.25) is 0 Å². The number of hydrogen-bond donors (Lipinski definition) is 3. The first-order valence-electron chi connectivity index (χ1n) is 28.4. The molecule has 0 saturated heterocycles. The van der Waals surface area contributed by atoms with E-state index in [0.29, 0.717) is 25.9 Å². The van der Waals surface area contributed by atoms with Crippen LogP contribution in [0.15, 0.2) is 12.2 Å². The molecule has 0 aromatic heterocycles. The van der Waals surface area contributed by atoms with Gasteiger partial charge in [-0.25, -0.2) is 0 Å². The molecule has 1 amide bonds. The Morgan fingerprint density at radius 3 is 1.17 bits per heavy atom. The van der Waals surface area contributed by atoms with Gasteiger partial charge in [-0.15, -0.1) is 0 Å². The largest absolute Gasteiger partial charge is 0.466 e. The first-order valence-corrected chi connectivity index (χ1v) is 28.4. The maximum Gasteiger partial charge on any atom is 0.305 e. The number of rotatable bonds is 53. The number of esters is 1. The summed E-state index contributed by atoms with van der Waals surface area (Å²) in [4.78, 5) is 24.4. The van der Waals surface area contributed by atoms with Gasteiger partial charge in [0.1, 0.15) is 0 Å². The summed E-state index contributed by atoms with van der Waals surface area (Å²) in [5.74, 6) is -0.0333. The zero-order chi connectivity index (χ0) is 45.8. The van der Waals surface area contributed by atoms with Gasteiger partial charge in [-0.3, -0.25) is 9.59 Å². The number of allylic oxidation sites excluding steroid dienone is 2. The van der Waals surface area contributed by atoms with Crippen LogP contribution in [0.1, 0.15) is 316 Å². The number of unbranched alkanes of at least 4 members (excludes halogenated alkanes) is 40. The number of ether oxygens (including phenoxy) is 1. The molecule has 6 nitrogen and oxygen atoms in total. The van der Waals surface area contributed by atoms with Crippen molar-refractivity contribution in [3.63, 3.8) is 0 Å². The molecule has 0 heterocycles. The molecule has 2 atom stereocenters. The molecule has 0 saturated carbocycles. The number of aliphatic hydroxyl groups excluding tert-OH is 2. The topological polar surface area (TPSA) is 95.9 Å². The Bertz CT molecular complexity index is 939. The number of nitrogens with one attached hydrogen (secondary N) is 1. The molecule has 374 valence electrons. The average Bonchev–Trinajstić information content (AvgIpc) is 3.28. The summed E-state index contributed by atoms with van der Waals surface area (Å²) in [5.41, 5.74) is 0. The van der Waals surface area contributed by atoms with Gasteiger partial charge in [-0.2, -0.15) is 0 Å². The SMILES string of the molecule is CCCC/C=C\CCCCCCCC(=O)OCCCCCCCCCCCCCCCCCCCCCCCC(=O)NC(CO)C(O)CCCCCCCCCCCCCCCC. The third kappa shape index (κ3) is 49.9. The van der Waals surface area contributed by atoms with Crippen molar-refractivity contribution in [3.8, 4) is 0 Å². The molecule has 63 heavy (non-hydrogen) atoms. The van der Waals surface area contributed by atoms with Crippen molar-refractivity contribution in [2.45, 2.75) is 328 Å². The second-order valence-corrected chi connectivity index (χ2v) is 19.6. The number of carbonyl (C=O) groups is 2. The Morgan fingerprint density at radius 1 is 0.429 bits per heavy atom. The van der Waals surface area contributed by atoms with Crippen LogP contribution in [0.25, 0.3) is 0 Å². The summed E-state index contributed by atoms with van der Waals surface area (Å²) in [6, 6.07) is -0.541. The van der Waals surface area contributed by atoms with E-state index in [1.165, 1.54) is 238 Å². The van der Waals surface area contributed by atoms with Crippen LogP contribution in [0, 0.1) is 0 Å². The minimum absolute atomic E-state index is 0.00123. The number of hydrogen-bond acceptors (Lipinski definition) is 5. The average molecular weight is 891 g/mol. The van der Waals surface area contributed by atoms with Crippen LogP contribution in [0.4, 0.5) is 0 Å². The fourth-order valence-electron chi connectivity index (χ4n) is 8.92. The lowest BCUT2D eigenvalue weighted by Crippen LogP contribution is -2.45. The van der Waals surface area contributed by atoms with Crippen molar-refractivity contribution in [2.75, 3.05) is 13.2 Å². The molecule has 0 aromatic carbocycles. The quantitative estimate of drug-likeness (QED) is 0.0321. The Labute approximate surface area is 393 Å². The van der Waals surface area contributed by atoms with Crippen LogP contribution < -0.4 is 5.32 Å². The van der Waals surface area contributed by atoms with Gasteiger partial charge in [-0.1, -0.05) is 270 Å². The van der Waals surface area contributed by atoms with Crippen LogP contribution in [-0.4, -0.2) is 47.4 Å². The zero-order valence-electron chi connectivity index (χ0n) is 42.6. The summed E-state index contributed by atoms with van der Waals surface area (Å²) in [5, 5.41) is 23.2. The third-order valence-corrected chi connectivity index (χ3v) is 13.3. The smallest absolute Gasteiger partial charge is 0.305 e. The highest BCUT2D eigenvalue weighted by Crippen LogP contribution is 2.18. The van der Waals surface area contributed by atoms with Crippen LogP contribution in [-0.2, 0) is 14.3 Å². The summed E-state index contributed by atoms with van der Waals surface area (Å²) in [7, 11) is 0. The van der Waals surface area contributed by atoms with Gasteiger partial charge < -0.3 is 20.3 Å². The Balaban J connectivity index is 3.38. The maximum absolute atomic E-state index is 12.5. The molecule has 6 heteroatoms. The van der Waals surface area contributed by atoms with Crippen molar-refractivity contribution in [2.24, 2.45) is 0 Å². The van der Waals surface area contributed by atoms with E-state index in [-0.39, 0.29) is 18.5 Å². The van der Waals surface area contributed by atoms with E-state index in [1.54, 1.807) is 0 Å². The van der Waals surface area contributed by atoms with Crippen molar-refractivity contribution in [3.05, 3.63) is 12.2 Å². The molecule has 0 spiro atoms. The molecule has 0 bridgehead atoms. The van der Waals surface area contributed by atoms with E-state index in [9.17, 15) is 19.8 Å². The van der Waals surface area contributed by atoms with Crippen molar-refractivity contribution in [1.29, 1.82) is 0 Å². The van der Waals surface area contributed by atoms with Crippen molar-refractivity contribution >= 4 is 11.9 Å². The highest BCUT2D eigenvalue weighted by molar-refractivity contribution is 5.76. The first kappa shape index (κ1) is 61.6. The molecule has 0 aliphatic heterocycles. The van der Waals surface area contributed by atoms with Crippen LogP contribution in [0.3, 0.4) is 0 Å². The lowest BCUT2D eigenvalue weighted by molar-refractivity contribution is -0.143. The maximum atomic E-state index is 12.5. The molecule has 2 unspecified atom stereocenters. The fraction of sp³-hybridized carbons (Fsp3) is 0.930. The molecule has 0 rings (SSSR count). The van der Waals surface area contributed by atoms with E-state index in [0.717, 1.165) is 44.9 Å². The van der Waals surface area contributed by atoms with E-state index in [4.69, 9.17) is 4.74 Å². The molecule has 0 aliphatic carbocycles. The standard InChI is InChI=1S/C57H111NO5/c1-3-5-7-9-11-13-15-16-26-30-33-37-41-45-49-55(60)54(53-59)58-56(61)50-46-42-38-34-31-27-24-22-20-18-17-19-21-23-25-28-32-36-40-44-48-52-63-57(62)51-47-43-39-35-29-14-12-10-8-6-4-2/h10,12,54-55,59-60H,3-9,11,13-53H2,1-2H3,(H,58,61)/b12-10-. The van der Waals surface area contributed by atoms with Crippen molar-refractivity contribution in [1.82, 2.24) is 5.32 Å². The molecule has 3 N–H and O–H groups in total. The summed E-state index contributed by atoms with van der Waals surface area (Å²) < 4.78 is 5.45. The molecule has 0 aliphatic rings. The van der Waals surface area contributed by atoms with E-state index >= 15 is 0 Å². The molecule has 0 fully saturated rings. The summed E-state index contributed by atoms with van der Waals surface area (Å²) in [6.07, 6.45) is 62.0. The Morgan fingerprint density at radius 2 is 0.762 bits per heavy atom. The number of aliphatic hydroxyl groups is 2. The van der Waals surface area contributed by atoms with E-state index < -0.39 is 12.1 Å². The van der Waals surface area contributed by atoms with Crippen LogP contribution >= 0.6 is 0 Å². The Hall–Kier alpha value is -1.40. The minimum Gasteiger partial charge on any atom is -0.466 e. The monoisotopic (exact) mass is 890 g/mol. The zero-order valence-corrected chi connectivity index (χ0v) is 42.6. The second-order valence-electron chi connectivity index (χ2n) is 19.6. The highest BCUT2D eigenvalue weighted by atomic mass is 16.5. The normalized spacial score (nSPS) is 12.6. The van der Waals surface area contributed by atoms with Gasteiger partial charge in [0.05, 0.1) is 25.4 Å². The molecule has 0 aromatic rings. The lowest BCUT2D eigenvalue weighted by atomic mass is 10.0. The van der Waals surface area contributed by atoms with E-state index in [1.807, 2.05) is 0 Å². The lowest BCUT2D eigenvalue weighted by Gasteiger charge is -2.22. The fourth-order valence-corrected chi connectivity index (χ4v) is 8.92. The summed E-state index contributed by atoms with van der Waals surface area (Å²) >= 11 is 0. The second kappa shape index (κ2) is 53.2. The number of carbonyl (C=O) groups excluding carboxylic acids is 2. The van der Waals surface area contributed by atoms with Crippen LogP contribution in [0.5, 0.6) is 0 Å². The third-order valence-electron chi connectivity index (χ3n) is 13.3. The Kier molecular flexibility index (Phi) is 52.0. The van der Waals surface area contributed by atoms with Gasteiger partial charge in [-0.05, 0) is 44.9 Å². The molecular weight excluding hydrogens is 779 g/mol. The van der Waals surface area contributed by atoms with Gasteiger partial charge >= 0.3 is 5.97 Å². The first-order chi connectivity index (χ1) is 31.0. The van der Waals surface area contributed by atoms with E-state index in [2.05, 4.69) is 31.3 Å². The van der Waals surface area contributed by atoms with Gasteiger partial charge in [0.2, 0.25) is 5.91 Å². The molecular formula is C57H111NO5. The minimum atomic E-state index is -0.663. The van der Waals surface area contributed by atoms with Gasteiger partial charge in [0.15, 0.2) is 0 Å². The van der Waals surface area contributed by atoms with Crippen molar-refractivity contribution < 1.29 is 24.5 Å². The predicted octanol–water partition coefficient (Wildman–Crippen LogP) is 17.3. The molecule has 0 radical (unpaired) electrons. The highest BCUT2D eigenvalue weighted by Gasteiger charge is 2.20. The summed E-state index contributed by atoms with van der Waals surface area (Å²) in [6.45, 7) is 4.92. The predicted molar refractivity (Wildman–Crippen MR) is 273 cm³/mol. The van der Waals surface area contributed by atoms with Gasteiger partial charge in [0, 0.05) is 12.8 Å².